The van der Waals surface area contributed by atoms with Crippen LogP contribution in [0.2, 0.25) is 0 Å². The largest absolute Gasteiger partial charge is 0.384 e. The molecule has 0 aliphatic carbocycles. The number of aryl methyl sites for hydroxylation is 1. The predicted octanol–water partition coefficient (Wildman–Crippen LogP) is 1.77. The van der Waals surface area contributed by atoms with Crippen molar-refractivity contribution >= 4 is 0 Å². The third-order valence-electron chi connectivity index (χ3n) is 3.35. The van der Waals surface area contributed by atoms with Crippen LogP contribution >= 0.6 is 0 Å². The Hall–Kier alpha value is -1.65. The fourth-order valence-electron chi connectivity index (χ4n) is 2.43. The molecule has 2 atom stereocenters. The van der Waals surface area contributed by atoms with Crippen LogP contribution in [0.15, 0.2) is 36.5 Å². The highest BCUT2D eigenvalue weighted by molar-refractivity contribution is 5.32. The molecule has 3 rings (SSSR count). The molecule has 0 radical (unpaired) electrons. The Balaban J connectivity index is 1.94. The number of aromatic nitrogens is 2. The number of fused-ring (bicyclic) bond motifs is 1. The first kappa shape index (κ1) is 11.4. The number of ether oxygens (including phenoxy) is 1. The minimum Gasteiger partial charge on any atom is -0.384 e. The Morgan fingerprint density at radius 2 is 2.22 bits per heavy atom. The third-order valence-corrected chi connectivity index (χ3v) is 3.35. The van der Waals surface area contributed by atoms with Crippen LogP contribution < -0.4 is 0 Å². The van der Waals surface area contributed by atoms with Crippen LogP contribution in [-0.2, 0) is 18.2 Å². The summed E-state index contributed by atoms with van der Waals surface area (Å²) in [6.45, 7) is 0.644. The minimum atomic E-state index is -0.715. The maximum absolute atomic E-state index is 10.4. The number of benzene rings is 1. The summed E-state index contributed by atoms with van der Waals surface area (Å²) < 4.78 is 7.42. The number of aliphatic hydroxyl groups is 1. The van der Waals surface area contributed by atoms with Gasteiger partial charge in [0.25, 0.3) is 0 Å². The van der Waals surface area contributed by atoms with Gasteiger partial charge in [0.05, 0.1) is 12.3 Å². The Morgan fingerprint density at radius 3 is 3.00 bits per heavy atom. The van der Waals surface area contributed by atoms with Crippen molar-refractivity contribution in [1.82, 2.24) is 9.78 Å². The molecule has 1 aliphatic heterocycles. The van der Waals surface area contributed by atoms with Crippen molar-refractivity contribution in [3.05, 3.63) is 53.3 Å². The molecule has 1 aromatic heterocycles. The van der Waals surface area contributed by atoms with Gasteiger partial charge in [-0.25, -0.2) is 0 Å². The van der Waals surface area contributed by atoms with Crippen molar-refractivity contribution in [3.63, 3.8) is 0 Å². The molecule has 0 bridgehead atoms. The van der Waals surface area contributed by atoms with E-state index in [0.29, 0.717) is 12.3 Å². The normalized spacial score (nSPS) is 20.4. The van der Waals surface area contributed by atoms with Gasteiger partial charge in [0.15, 0.2) is 0 Å². The molecule has 0 saturated carbocycles. The SMILES string of the molecule is Cn1ccc(C(O)C2OCCc3ccccc32)n1. The van der Waals surface area contributed by atoms with Crippen molar-refractivity contribution in [2.75, 3.05) is 6.61 Å². The first-order valence-corrected chi connectivity index (χ1v) is 6.13. The fourth-order valence-corrected chi connectivity index (χ4v) is 2.43. The summed E-state index contributed by atoms with van der Waals surface area (Å²) in [5.41, 5.74) is 2.98. The van der Waals surface area contributed by atoms with E-state index in [0.717, 1.165) is 12.0 Å². The van der Waals surface area contributed by atoms with E-state index in [4.69, 9.17) is 4.74 Å². The summed E-state index contributed by atoms with van der Waals surface area (Å²) in [5, 5.41) is 14.6. The summed E-state index contributed by atoms with van der Waals surface area (Å²) >= 11 is 0. The maximum Gasteiger partial charge on any atom is 0.128 e. The molecule has 0 saturated heterocycles. The zero-order valence-electron chi connectivity index (χ0n) is 10.3. The molecule has 94 valence electrons. The van der Waals surface area contributed by atoms with Crippen molar-refractivity contribution in [2.24, 2.45) is 7.05 Å². The number of hydrogen-bond donors (Lipinski definition) is 1. The highest BCUT2D eigenvalue weighted by atomic mass is 16.5. The molecule has 0 fully saturated rings. The molecule has 1 aromatic carbocycles. The van der Waals surface area contributed by atoms with Crippen molar-refractivity contribution < 1.29 is 9.84 Å². The van der Waals surface area contributed by atoms with Gasteiger partial charge in [-0.1, -0.05) is 24.3 Å². The molecule has 2 aromatic rings. The number of hydrogen-bond acceptors (Lipinski definition) is 3. The van der Waals surface area contributed by atoms with Crippen LogP contribution in [0.5, 0.6) is 0 Å². The lowest BCUT2D eigenvalue weighted by Crippen LogP contribution is -2.22. The fraction of sp³-hybridized carbons (Fsp3) is 0.357. The molecule has 18 heavy (non-hydrogen) atoms. The standard InChI is InChI=1S/C14H16N2O2/c1-16-8-6-12(15-16)13(17)14-11-5-3-2-4-10(11)7-9-18-14/h2-6,8,13-14,17H,7,9H2,1H3. The van der Waals surface area contributed by atoms with E-state index >= 15 is 0 Å². The lowest BCUT2D eigenvalue weighted by molar-refractivity contribution is -0.0501. The molecular weight excluding hydrogens is 228 g/mol. The molecule has 2 unspecified atom stereocenters. The average Bonchev–Trinajstić information content (AvgIpc) is 2.84. The van der Waals surface area contributed by atoms with E-state index in [1.54, 1.807) is 4.68 Å². The number of aliphatic hydroxyl groups excluding tert-OH is 1. The topological polar surface area (TPSA) is 47.3 Å². The summed E-state index contributed by atoms with van der Waals surface area (Å²) in [6, 6.07) is 9.94. The maximum atomic E-state index is 10.4. The van der Waals surface area contributed by atoms with Gasteiger partial charge in [0.2, 0.25) is 0 Å². The van der Waals surface area contributed by atoms with Gasteiger partial charge in [0.1, 0.15) is 12.2 Å². The van der Waals surface area contributed by atoms with Crippen molar-refractivity contribution in [3.8, 4) is 0 Å². The zero-order valence-corrected chi connectivity index (χ0v) is 10.3. The number of rotatable bonds is 2. The number of nitrogens with zero attached hydrogens (tertiary/aromatic N) is 2. The smallest absolute Gasteiger partial charge is 0.128 e. The first-order valence-electron chi connectivity index (χ1n) is 6.13. The Bertz CT molecular complexity index is 550. The second-order valence-electron chi connectivity index (χ2n) is 4.60. The van der Waals surface area contributed by atoms with Gasteiger partial charge < -0.3 is 9.84 Å². The third kappa shape index (κ3) is 1.94. The summed E-state index contributed by atoms with van der Waals surface area (Å²) in [6.07, 6.45) is 1.70. The molecule has 1 N–H and O–H groups in total. The van der Waals surface area contributed by atoms with E-state index in [1.807, 2.05) is 37.5 Å². The van der Waals surface area contributed by atoms with Crippen molar-refractivity contribution in [2.45, 2.75) is 18.6 Å². The second kappa shape index (κ2) is 4.55. The summed E-state index contributed by atoms with van der Waals surface area (Å²) in [7, 11) is 1.84. The highest BCUT2D eigenvalue weighted by Gasteiger charge is 2.29. The molecule has 1 aliphatic rings. The molecule has 4 nitrogen and oxygen atoms in total. The van der Waals surface area contributed by atoms with E-state index in [9.17, 15) is 5.11 Å². The van der Waals surface area contributed by atoms with E-state index in [-0.39, 0.29) is 6.10 Å². The van der Waals surface area contributed by atoms with E-state index in [1.165, 1.54) is 5.56 Å². The van der Waals surface area contributed by atoms with Gasteiger partial charge >= 0.3 is 0 Å². The zero-order chi connectivity index (χ0) is 12.5. The molecule has 4 heteroatoms. The van der Waals surface area contributed by atoms with Gasteiger partial charge in [-0.05, 0) is 23.6 Å². The predicted molar refractivity (Wildman–Crippen MR) is 67.0 cm³/mol. The van der Waals surface area contributed by atoms with Gasteiger partial charge in [0, 0.05) is 13.2 Å². The first-order chi connectivity index (χ1) is 8.75. The molecule has 2 heterocycles. The van der Waals surface area contributed by atoms with E-state index < -0.39 is 6.10 Å². The highest BCUT2D eigenvalue weighted by Crippen LogP contribution is 2.36. The van der Waals surface area contributed by atoms with E-state index in [2.05, 4.69) is 11.2 Å². The summed E-state index contributed by atoms with van der Waals surface area (Å²) in [5.74, 6) is 0. The Morgan fingerprint density at radius 1 is 1.39 bits per heavy atom. The monoisotopic (exact) mass is 244 g/mol. The quantitative estimate of drug-likeness (QED) is 0.875. The summed E-state index contributed by atoms with van der Waals surface area (Å²) in [4.78, 5) is 0. The minimum absolute atomic E-state index is 0.315. The van der Waals surface area contributed by atoms with Crippen molar-refractivity contribution in [1.29, 1.82) is 0 Å². The van der Waals surface area contributed by atoms with Crippen LogP contribution in [0.4, 0.5) is 0 Å². The lowest BCUT2D eigenvalue weighted by atomic mass is 9.93. The lowest BCUT2D eigenvalue weighted by Gasteiger charge is -2.28. The van der Waals surface area contributed by atoms with Crippen LogP contribution in [0.3, 0.4) is 0 Å². The van der Waals surface area contributed by atoms with Gasteiger partial charge in [-0.3, -0.25) is 4.68 Å². The molecular formula is C14H16N2O2. The van der Waals surface area contributed by atoms with Gasteiger partial charge in [-0.15, -0.1) is 0 Å². The second-order valence-corrected chi connectivity index (χ2v) is 4.60. The van der Waals surface area contributed by atoms with Crippen LogP contribution in [0, 0.1) is 0 Å². The van der Waals surface area contributed by atoms with Crippen LogP contribution in [0.1, 0.15) is 29.0 Å². The molecule has 0 spiro atoms. The van der Waals surface area contributed by atoms with Gasteiger partial charge in [-0.2, -0.15) is 5.10 Å². The van der Waals surface area contributed by atoms with Crippen LogP contribution in [0.25, 0.3) is 0 Å². The van der Waals surface area contributed by atoms with Crippen LogP contribution in [-0.4, -0.2) is 21.5 Å². The average molecular weight is 244 g/mol. The molecule has 0 amide bonds. The Labute approximate surface area is 106 Å². The Kier molecular flexibility index (Phi) is 2.89.